The van der Waals surface area contributed by atoms with E-state index in [2.05, 4.69) is 65.6 Å². The Morgan fingerprint density at radius 1 is 0.857 bits per heavy atom. The summed E-state index contributed by atoms with van der Waals surface area (Å²) >= 11 is 0. The molecule has 6 rings (SSSR count). The molecule has 1 saturated heterocycles. The molecular weight excluding hydrogens is 526 g/mol. The molecule has 4 aromatic rings. The summed E-state index contributed by atoms with van der Waals surface area (Å²) in [6, 6.07) is 33.7. The lowest BCUT2D eigenvalue weighted by Gasteiger charge is -2.35. The summed E-state index contributed by atoms with van der Waals surface area (Å²) in [5.41, 5.74) is 5.70. The van der Waals surface area contributed by atoms with E-state index in [0.717, 1.165) is 31.7 Å². The van der Waals surface area contributed by atoms with Gasteiger partial charge in [-0.15, -0.1) is 0 Å². The van der Waals surface area contributed by atoms with Crippen molar-refractivity contribution in [2.75, 3.05) is 26.2 Å². The molecule has 4 aromatic carbocycles. The number of aryl methyl sites for hydroxylation is 1. The van der Waals surface area contributed by atoms with E-state index in [0.29, 0.717) is 17.2 Å². The first-order valence-electron chi connectivity index (χ1n) is 14.8. The molecule has 218 valence electrons. The van der Waals surface area contributed by atoms with Crippen molar-refractivity contribution in [1.82, 2.24) is 4.90 Å². The van der Waals surface area contributed by atoms with Crippen LogP contribution in [0.4, 0.5) is 0 Å². The molecule has 2 aliphatic rings. The summed E-state index contributed by atoms with van der Waals surface area (Å²) in [5.74, 6) is 0.792. The second-order valence-corrected chi connectivity index (χ2v) is 11.0. The Morgan fingerprint density at radius 2 is 1.52 bits per heavy atom. The summed E-state index contributed by atoms with van der Waals surface area (Å²) in [4.78, 5) is 12.7. The molecular formula is C36H39NO5. The topological polar surface area (TPSA) is 90.2 Å². The maximum absolute atomic E-state index is 10.2. The number of hydrogen-bond donors (Lipinski definition) is 3. The van der Waals surface area contributed by atoms with Crippen LogP contribution in [0.3, 0.4) is 0 Å². The molecule has 0 aromatic heterocycles. The van der Waals surface area contributed by atoms with Gasteiger partial charge in [0.15, 0.2) is 6.10 Å². The van der Waals surface area contributed by atoms with Crippen LogP contribution < -0.4 is 4.74 Å². The summed E-state index contributed by atoms with van der Waals surface area (Å²) in [5, 5.41) is 27.4. The van der Waals surface area contributed by atoms with Crippen LogP contribution in [0.25, 0.3) is 0 Å². The second kappa shape index (κ2) is 14.2. The van der Waals surface area contributed by atoms with Gasteiger partial charge in [0.05, 0.1) is 0 Å². The maximum atomic E-state index is 10.2. The van der Waals surface area contributed by atoms with Crippen LogP contribution in [0.5, 0.6) is 11.5 Å². The van der Waals surface area contributed by atoms with Gasteiger partial charge >= 0.3 is 5.97 Å². The van der Waals surface area contributed by atoms with E-state index in [1.807, 2.05) is 12.1 Å². The Morgan fingerprint density at radius 3 is 2.19 bits per heavy atom. The fourth-order valence-electron chi connectivity index (χ4n) is 6.13. The number of carboxylic acids is 1. The molecule has 0 saturated carbocycles. The average molecular weight is 566 g/mol. The SMILES string of the molecule is O=C(O)[C@H](O)c1ccccc1.Oc1ccc2c(c1)CC[C@H](c1ccccc1)[C@@H]2c1ccc(OCCN2CCCC2)cc1. The number of benzene rings is 4. The second-order valence-electron chi connectivity index (χ2n) is 11.0. The van der Waals surface area contributed by atoms with Crippen molar-refractivity contribution < 1.29 is 24.9 Å². The first kappa shape index (κ1) is 29.4. The average Bonchev–Trinajstić information content (AvgIpc) is 3.55. The van der Waals surface area contributed by atoms with Gasteiger partial charge in [0.2, 0.25) is 0 Å². The number of aliphatic hydroxyl groups excluding tert-OH is 1. The van der Waals surface area contributed by atoms with Crippen LogP contribution in [-0.4, -0.2) is 52.4 Å². The summed E-state index contributed by atoms with van der Waals surface area (Å²) in [6.07, 6.45) is 3.31. The first-order valence-corrected chi connectivity index (χ1v) is 14.8. The van der Waals surface area contributed by atoms with E-state index >= 15 is 0 Å². The summed E-state index contributed by atoms with van der Waals surface area (Å²) < 4.78 is 6.03. The number of phenolic OH excluding ortho intramolecular Hbond substituents is 1. The number of carbonyl (C=O) groups is 1. The highest BCUT2D eigenvalue weighted by Gasteiger charge is 2.32. The largest absolute Gasteiger partial charge is 0.508 e. The lowest BCUT2D eigenvalue weighted by molar-refractivity contribution is -0.146. The molecule has 3 N–H and O–H groups in total. The molecule has 1 heterocycles. The normalized spacial score (nSPS) is 18.8. The zero-order valence-electron chi connectivity index (χ0n) is 23.8. The number of fused-ring (bicyclic) bond motifs is 1. The van der Waals surface area contributed by atoms with E-state index in [1.165, 1.54) is 48.2 Å². The van der Waals surface area contributed by atoms with Crippen LogP contribution in [0.1, 0.15) is 65.0 Å². The minimum absolute atomic E-state index is 0.283. The molecule has 1 aliphatic heterocycles. The van der Waals surface area contributed by atoms with E-state index in [1.54, 1.807) is 30.3 Å². The quantitative estimate of drug-likeness (QED) is 0.225. The minimum Gasteiger partial charge on any atom is -0.508 e. The molecule has 1 fully saturated rings. The third-order valence-corrected chi connectivity index (χ3v) is 8.28. The van der Waals surface area contributed by atoms with E-state index < -0.39 is 12.1 Å². The third-order valence-electron chi connectivity index (χ3n) is 8.28. The third kappa shape index (κ3) is 7.38. The highest BCUT2D eigenvalue weighted by atomic mass is 16.5. The van der Waals surface area contributed by atoms with E-state index in [-0.39, 0.29) is 5.92 Å². The number of likely N-dealkylation sites (tertiary alicyclic amines) is 1. The lowest BCUT2D eigenvalue weighted by atomic mass is 9.69. The summed E-state index contributed by atoms with van der Waals surface area (Å²) in [7, 11) is 0. The molecule has 0 radical (unpaired) electrons. The molecule has 42 heavy (non-hydrogen) atoms. The number of aliphatic hydroxyl groups is 1. The van der Waals surface area contributed by atoms with Crippen molar-refractivity contribution in [3.63, 3.8) is 0 Å². The number of aliphatic carboxylic acids is 1. The molecule has 0 spiro atoms. The van der Waals surface area contributed by atoms with Crippen molar-refractivity contribution in [3.05, 3.63) is 131 Å². The molecule has 0 unspecified atom stereocenters. The van der Waals surface area contributed by atoms with Gasteiger partial charge < -0.3 is 20.1 Å². The number of nitrogens with zero attached hydrogens (tertiary/aromatic N) is 1. The standard InChI is InChI=1S/C28H31NO2.C8H8O3/c30-24-11-15-27-23(20-24)10-14-26(21-6-2-1-3-7-21)28(27)22-8-12-25(13-9-22)31-19-18-29-16-4-5-17-29;9-7(8(10)11)6-4-2-1-3-5-6/h1-3,6-9,11-13,15,20,26,28,30H,4-5,10,14,16-19H2;1-5,7,9H,(H,10,11)/t26-,28+;7-/m11/s1. The number of ether oxygens (including phenoxy) is 1. The first-order chi connectivity index (χ1) is 20.5. The lowest BCUT2D eigenvalue weighted by Crippen LogP contribution is -2.25. The number of hydrogen-bond acceptors (Lipinski definition) is 5. The smallest absolute Gasteiger partial charge is 0.337 e. The van der Waals surface area contributed by atoms with Crippen LogP contribution in [0, 0.1) is 0 Å². The van der Waals surface area contributed by atoms with Crippen molar-refractivity contribution in [2.45, 2.75) is 43.6 Å². The van der Waals surface area contributed by atoms with Crippen LogP contribution >= 0.6 is 0 Å². The number of aromatic hydroxyl groups is 1. The van der Waals surface area contributed by atoms with Crippen molar-refractivity contribution in [1.29, 1.82) is 0 Å². The van der Waals surface area contributed by atoms with Gasteiger partial charge in [-0.2, -0.15) is 0 Å². The highest BCUT2D eigenvalue weighted by molar-refractivity contribution is 5.73. The fourth-order valence-corrected chi connectivity index (χ4v) is 6.13. The van der Waals surface area contributed by atoms with E-state index in [9.17, 15) is 9.90 Å². The Balaban J connectivity index is 0.000000271. The zero-order valence-corrected chi connectivity index (χ0v) is 23.8. The maximum Gasteiger partial charge on any atom is 0.337 e. The van der Waals surface area contributed by atoms with Gasteiger partial charge in [0.1, 0.15) is 18.1 Å². The van der Waals surface area contributed by atoms with Crippen molar-refractivity contribution in [2.24, 2.45) is 0 Å². The molecule has 0 amide bonds. The van der Waals surface area contributed by atoms with Gasteiger partial charge in [-0.3, -0.25) is 4.90 Å². The van der Waals surface area contributed by atoms with Gasteiger partial charge in [0.25, 0.3) is 0 Å². The molecule has 1 aliphatic carbocycles. The van der Waals surface area contributed by atoms with Crippen molar-refractivity contribution >= 4 is 5.97 Å². The zero-order chi connectivity index (χ0) is 29.3. The number of carboxylic acid groups (broad SMARTS) is 1. The van der Waals surface area contributed by atoms with E-state index in [4.69, 9.17) is 14.9 Å². The van der Waals surface area contributed by atoms with Crippen molar-refractivity contribution in [3.8, 4) is 11.5 Å². The van der Waals surface area contributed by atoms with Crippen LogP contribution in [0.2, 0.25) is 0 Å². The summed E-state index contributed by atoms with van der Waals surface area (Å²) in [6.45, 7) is 4.18. The molecule has 6 heteroatoms. The van der Waals surface area contributed by atoms with Gasteiger partial charge in [-0.05, 0) is 96.8 Å². The Bertz CT molecular complexity index is 1420. The Kier molecular flexibility index (Phi) is 9.90. The fraction of sp³-hybridized carbons (Fsp3) is 0.306. The molecule has 0 bridgehead atoms. The van der Waals surface area contributed by atoms with Crippen LogP contribution in [0.15, 0.2) is 103 Å². The number of rotatable bonds is 8. The Labute approximate surface area is 247 Å². The Hall–Kier alpha value is -4.13. The monoisotopic (exact) mass is 565 g/mol. The minimum atomic E-state index is -1.41. The van der Waals surface area contributed by atoms with Gasteiger partial charge in [0, 0.05) is 12.5 Å². The number of phenols is 1. The van der Waals surface area contributed by atoms with Crippen LogP contribution in [-0.2, 0) is 11.2 Å². The highest BCUT2D eigenvalue weighted by Crippen LogP contribution is 2.47. The van der Waals surface area contributed by atoms with Gasteiger partial charge in [-0.25, -0.2) is 4.79 Å². The predicted molar refractivity (Wildman–Crippen MR) is 164 cm³/mol. The molecule has 3 atom stereocenters. The predicted octanol–water partition coefficient (Wildman–Crippen LogP) is 6.53. The van der Waals surface area contributed by atoms with Gasteiger partial charge in [-0.1, -0.05) is 78.9 Å². The molecule has 6 nitrogen and oxygen atoms in total.